The van der Waals surface area contributed by atoms with E-state index in [2.05, 4.69) is 17.6 Å². The van der Waals surface area contributed by atoms with E-state index in [9.17, 15) is 14.7 Å². The molecule has 1 atom stereocenters. The number of nitrogens with two attached hydrogens (primary N) is 1. The second-order valence-corrected chi connectivity index (χ2v) is 7.23. The third-order valence-electron chi connectivity index (χ3n) is 4.63. The van der Waals surface area contributed by atoms with Gasteiger partial charge in [-0.25, -0.2) is 4.79 Å². The fraction of sp³-hybridized carbons (Fsp3) is 0.850. The van der Waals surface area contributed by atoms with Gasteiger partial charge in [-0.15, -0.1) is 0 Å². The van der Waals surface area contributed by atoms with E-state index in [0.29, 0.717) is 25.8 Å². The summed E-state index contributed by atoms with van der Waals surface area (Å²) in [6.45, 7) is 2.66. The normalized spacial score (nSPS) is 11.3. The number of carbonyl (C=O) groups is 2. The molecule has 0 aromatic carbocycles. The second kappa shape index (κ2) is 20.9. The maximum absolute atomic E-state index is 11.9. The molecule has 0 heterocycles. The summed E-state index contributed by atoms with van der Waals surface area (Å²) in [6, 6.07) is -0.876. The molecule has 0 aliphatic rings. The summed E-state index contributed by atoms with van der Waals surface area (Å²) >= 11 is 0. The molecule has 0 spiro atoms. The van der Waals surface area contributed by atoms with Crippen molar-refractivity contribution in [3.8, 4) is 0 Å². The van der Waals surface area contributed by atoms with Crippen LogP contribution in [0.1, 0.15) is 96.8 Å². The summed E-state index contributed by atoms with van der Waals surface area (Å²) in [4.78, 5) is 23.1. The van der Waals surface area contributed by atoms with Gasteiger partial charge in [-0.05, 0) is 19.3 Å². The van der Waals surface area contributed by atoms with Gasteiger partial charge in [0.25, 0.3) is 0 Å². The number of amides is 1. The van der Waals surface area contributed by atoms with Crippen molar-refractivity contribution in [2.45, 2.75) is 103 Å². The molecule has 0 aliphatic carbocycles. The first-order valence-electron chi connectivity index (χ1n) is 10.6. The number of aliphatic carboxylic acids is 1. The number of hydrogen-bond acceptors (Lipinski definition) is 3. The molecule has 1 amide bonds. The Morgan fingerprint density at radius 2 is 1.43 bits per heavy atom. The van der Waals surface area contributed by atoms with Crippen LogP contribution in [0.25, 0.3) is 0 Å². The van der Waals surface area contributed by atoms with E-state index in [1.807, 2.05) is 0 Å². The predicted molar refractivity (Wildman–Crippen MR) is 117 cm³/mol. The van der Waals surface area contributed by atoms with Gasteiger partial charge in [0.1, 0.15) is 6.04 Å². The maximum atomic E-state index is 11.9. The van der Waals surface area contributed by atoms with Gasteiger partial charge in [0.2, 0.25) is 5.91 Å². The molecule has 160 valence electrons. The van der Waals surface area contributed by atoms with Crippen LogP contribution in [0.15, 0.2) is 0 Å². The van der Waals surface area contributed by atoms with Crippen LogP contribution in [-0.2, 0) is 9.59 Å². The molecular weight excluding hydrogens is 367 g/mol. The van der Waals surface area contributed by atoms with E-state index in [1.165, 1.54) is 51.4 Å². The van der Waals surface area contributed by atoms with Gasteiger partial charge in [0, 0.05) is 13.0 Å². The van der Waals surface area contributed by atoms with Crippen molar-refractivity contribution >= 4 is 47.4 Å². The van der Waals surface area contributed by atoms with Gasteiger partial charge in [-0.3, -0.25) is 10.2 Å². The van der Waals surface area contributed by atoms with Crippen LogP contribution < -0.4 is 16.4 Å². The Labute approximate surface area is 192 Å². The Bertz CT molecular complexity index is 422. The molecule has 0 aliphatic heterocycles. The summed E-state index contributed by atoms with van der Waals surface area (Å²) < 4.78 is 0. The standard InChI is InChI=1S/C20H40N4O3.Na.H/c1-2-3-4-5-6-7-8-9-10-11-12-15-18(25)24-17(19(26)27)14-13-16-23-20(21)22;;/h17H,2-16H2,1H3,(H,24,25)(H,26,27)(H4,21,22,23);;/t17-;;/m0../s1. The van der Waals surface area contributed by atoms with Gasteiger partial charge < -0.3 is 21.5 Å². The van der Waals surface area contributed by atoms with E-state index < -0.39 is 12.0 Å². The first-order valence-corrected chi connectivity index (χ1v) is 10.6. The number of carboxylic acid groups (broad SMARTS) is 1. The van der Waals surface area contributed by atoms with Crippen LogP contribution in [0.5, 0.6) is 0 Å². The monoisotopic (exact) mass is 408 g/mol. The van der Waals surface area contributed by atoms with Gasteiger partial charge in [-0.2, -0.15) is 0 Å². The molecule has 0 rings (SSSR count). The molecule has 0 bridgehead atoms. The molecule has 0 aromatic rings. The molecule has 0 radical (unpaired) electrons. The minimum absolute atomic E-state index is 0. The number of nitrogens with one attached hydrogen (secondary N) is 3. The van der Waals surface area contributed by atoms with E-state index in [-0.39, 0.29) is 41.4 Å². The molecule has 0 unspecified atom stereocenters. The van der Waals surface area contributed by atoms with Crippen molar-refractivity contribution in [3.05, 3.63) is 0 Å². The first-order chi connectivity index (χ1) is 13.0. The number of carboxylic acids is 1. The average molecular weight is 409 g/mol. The van der Waals surface area contributed by atoms with E-state index >= 15 is 0 Å². The van der Waals surface area contributed by atoms with Gasteiger partial charge in [0.15, 0.2) is 5.96 Å². The Kier molecular flexibility index (Phi) is 22.0. The number of unbranched alkanes of at least 4 members (excludes halogenated alkanes) is 10. The van der Waals surface area contributed by atoms with Crippen LogP contribution in [-0.4, -0.2) is 65.1 Å². The Hall–Kier alpha value is -0.790. The van der Waals surface area contributed by atoms with Crippen LogP contribution in [0.3, 0.4) is 0 Å². The van der Waals surface area contributed by atoms with Crippen molar-refractivity contribution in [2.75, 3.05) is 6.54 Å². The summed E-state index contributed by atoms with van der Waals surface area (Å²) in [5.74, 6) is -1.36. The molecule has 28 heavy (non-hydrogen) atoms. The van der Waals surface area contributed by atoms with Crippen LogP contribution >= 0.6 is 0 Å². The molecule has 0 aromatic heterocycles. The third kappa shape index (κ3) is 20.0. The average Bonchev–Trinajstić information content (AvgIpc) is 2.61. The molecule has 0 fully saturated rings. The van der Waals surface area contributed by atoms with E-state index in [1.54, 1.807) is 0 Å². The SMILES string of the molecule is CCCCCCCCCCCCCC(=O)N[C@@H](CCCNC(=N)N)C(=O)O.[NaH]. The number of guanidine groups is 1. The topological polar surface area (TPSA) is 128 Å². The predicted octanol–water partition coefficient (Wildman–Crippen LogP) is 2.87. The van der Waals surface area contributed by atoms with Crippen molar-refractivity contribution in [2.24, 2.45) is 5.73 Å². The number of hydrogen-bond donors (Lipinski definition) is 5. The van der Waals surface area contributed by atoms with Gasteiger partial charge >= 0.3 is 35.5 Å². The number of carbonyl (C=O) groups excluding carboxylic acids is 1. The van der Waals surface area contributed by atoms with E-state index in [0.717, 1.165) is 19.3 Å². The summed E-state index contributed by atoms with van der Waals surface area (Å²) in [5.41, 5.74) is 5.17. The quantitative estimate of drug-likeness (QED) is 0.103. The molecule has 8 heteroatoms. The zero-order chi connectivity index (χ0) is 20.3. The fourth-order valence-electron chi connectivity index (χ4n) is 3.00. The molecular formula is C20H41N4NaO3. The Balaban J connectivity index is 0. The van der Waals surface area contributed by atoms with E-state index in [4.69, 9.17) is 11.1 Å². The fourth-order valence-corrected chi connectivity index (χ4v) is 3.00. The second-order valence-electron chi connectivity index (χ2n) is 7.23. The van der Waals surface area contributed by atoms with Crippen molar-refractivity contribution in [1.82, 2.24) is 10.6 Å². The molecule has 0 saturated carbocycles. The molecule has 0 saturated heterocycles. The van der Waals surface area contributed by atoms with Crippen molar-refractivity contribution in [3.63, 3.8) is 0 Å². The summed E-state index contributed by atoms with van der Waals surface area (Å²) in [5, 5.41) is 21.4. The van der Waals surface area contributed by atoms with Gasteiger partial charge in [0.05, 0.1) is 0 Å². The Morgan fingerprint density at radius 3 is 1.89 bits per heavy atom. The first kappa shape index (κ1) is 29.4. The number of rotatable bonds is 18. The Morgan fingerprint density at radius 1 is 0.929 bits per heavy atom. The van der Waals surface area contributed by atoms with Crippen molar-refractivity contribution in [1.29, 1.82) is 5.41 Å². The van der Waals surface area contributed by atoms with Crippen LogP contribution in [0.4, 0.5) is 0 Å². The minimum atomic E-state index is -1.02. The molecule has 6 N–H and O–H groups in total. The zero-order valence-electron chi connectivity index (χ0n) is 17.0. The molecule has 7 nitrogen and oxygen atoms in total. The summed E-state index contributed by atoms with van der Waals surface area (Å²) in [7, 11) is 0. The summed E-state index contributed by atoms with van der Waals surface area (Å²) in [6.07, 6.45) is 14.7. The third-order valence-corrected chi connectivity index (χ3v) is 4.63. The van der Waals surface area contributed by atoms with Crippen LogP contribution in [0.2, 0.25) is 0 Å². The van der Waals surface area contributed by atoms with Gasteiger partial charge in [-0.1, -0.05) is 71.1 Å². The van der Waals surface area contributed by atoms with Crippen LogP contribution in [0, 0.1) is 5.41 Å². The van der Waals surface area contributed by atoms with Crippen molar-refractivity contribution < 1.29 is 14.7 Å². The zero-order valence-corrected chi connectivity index (χ0v) is 17.0.